The predicted molar refractivity (Wildman–Crippen MR) is 84.4 cm³/mol. The molecule has 7 heteroatoms. The first-order chi connectivity index (χ1) is 11.0. The molecular weight excluding hydrogens is 306 g/mol. The molecule has 0 aliphatic heterocycles. The smallest absolute Gasteiger partial charge is 0.387 e. The van der Waals surface area contributed by atoms with Crippen LogP contribution >= 0.6 is 0 Å². The third-order valence-corrected chi connectivity index (χ3v) is 3.47. The number of rotatable bonds is 10. The summed E-state index contributed by atoms with van der Waals surface area (Å²) >= 11 is 0. The fourth-order valence-electron chi connectivity index (χ4n) is 2.15. The first-order valence-corrected chi connectivity index (χ1v) is 7.65. The number of carbonyl (C=O) groups excluding carboxylic acids is 1. The molecule has 0 spiro atoms. The lowest BCUT2D eigenvalue weighted by Crippen LogP contribution is -2.29. The van der Waals surface area contributed by atoms with E-state index in [0.717, 1.165) is 26.1 Å². The van der Waals surface area contributed by atoms with E-state index in [4.69, 9.17) is 4.74 Å². The van der Waals surface area contributed by atoms with E-state index in [0.29, 0.717) is 12.1 Å². The molecule has 1 aromatic rings. The lowest BCUT2D eigenvalue weighted by atomic mass is 10.2. The minimum atomic E-state index is -2.94. The number of benzene rings is 1. The van der Waals surface area contributed by atoms with Crippen molar-refractivity contribution in [3.63, 3.8) is 0 Å². The molecule has 0 aliphatic carbocycles. The van der Waals surface area contributed by atoms with Crippen LogP contribution in [0.5, 0.6) is 11.5 Å². The number of nitrogens with zero attached hydrogens (tertiary/aromatic N) is 1. The number of amides is 1. The molecule has 0 unspecified atom stereocenters. The number of halogens is 2. The summed E-state index contributed by atoms with van der Waals surface area (Å²) in [5.41, 5.74) is 0.339. The van der Waals surface area contributed by atoms with Gasteiger partial charge in [-0.15, -0.1) is 0 Å². The molecule has 0 heterocycles. The fourth-order valence-corrected chi connectivity index (χ4v) is 2.15. The van der Waals surface area contributed by atoms with Crippen LogP contribution in [0.1, 0.15) is 30.6 Å². The van der Waals surface area contributed by atoms with Gasteiger partial charge in [0.2, 0.25) is 0 Å². The van der Waals surface area contributed by atoms with E-state index in [1.165, 1.54) is 25.3 Å². The second kappa shape index (κ2) is 9.99. The highest BCUT2D eigenvalue weighted by atomic mass is 19.3. The summed E-state index contributed by atoms with van der Waals surface area (Å²) in [6, 6.07) is 4.12. The Balaban J connectivity index is 2.56. The molecule has 0 bridgehead atoms. The average Bonchev–Trinajstić information content (AvgIpc) is 2.54. The van der Waals surface area contributed by atoms with Crippen LogP contribution in [0, 0.1) is 0 Å². The zero-order chi connectivity index (χ0) is 17.2. The monoisotopic (exact) mass is 330 g/mol. The van der Waals surface area contributed by atoms with Gasteiger partial charge in [0.15, 0.2) is 11.5 Å². The van der Waals surface area contributed by atoms with Gasteiger partial charge in [-0.3, -0.25) is 4.79 Å². The van der Waals surface area contributed by atoms with Crippen LogP contribution in [0.4, 0.5) is 8.78 Å². The summed E-state index contributed by atoms with van der Waals surface area (Å²) in [7, 11) is 1.33. The Morgan fingerprint density at radius 3 is 2.52 bits per heavy atom. The van der Waals surface area contributed by atoms with Crippen molar-refractivity contribution in [1.82, 2.24) is 10.2 Å². The van der Waals surface area contributed by atoms with Gasteiger partial charge in [-0.05, 0) is 44.3 Å². The third-order valence-electron chi connectivity index (χ3n) is 3.47. The van der Waals surface area contributed by atoms with E-state index in [2.05, 4.69) is 28.8 Å². The molecule has 1 rings (SSSR count). The van der Waals surface area contributed by atoms with Crippen LogP contribution < -0.4 is 14.8 Å². The first kappa shape index (κ1) is 19.2. The number of methoxy groups -OCH3 is 1. The molecular formula is C16H24F2N2O3. The average molecular weight is 330 g/mol. The number of hydrogen-bond donors (Lipinski definition) is 1. The first-order valence-electron chi connectivity index (χ1n) is 7.65. The van der Waals surface area contributed by atoms with Gasteiger partial charge in [-0.2, -0.15) is 8.78 Å². The molecule has 130 valence electrons. The maximum atomic E-state index is 12.3. The highest BCUT2D eigenvalue weighted by Crippen LogP contribution is 2.29. The minimum Gasteiger partial charge on any atom is -0.493 e. The Hall–Kier alpha value is -1.89. The van der Waals surface area contributed by atoms with E-state index >= 15 is 0 Å². The molecule has 1 N–H and O–H groups in total. The van der Waals surface area contributed by atoms with Gasteiger partial charge in [0.1, 0.15) is 0 Å². The van der Waals surface area contributed by atoms with Crippen LogP contribution in [0.3, 0.4) is 0 Å². The van der Waals surface area contributed by atoms with Crippen molar-refractivity contribution in [3.05, 3.63) is 23.8 Å². The summed E-state index contributed by atoms with van der Waals surface area (Å²) in [6.45, 7) is 4.67. The quantitative estimate of drug-likeness (QED) is 0.670. The Morgan fingerprint density at radius 1 is 1.26 bits per heavy atom. The molecule has 0 fully saturated rings. The second-order valence-corrected chi connectivity index (χ2v) is 4.88. The third kappa shape index (κ3) is 6.40. The Morgan fingerprint density at radius 2 is 1.96 bits per heavy atom. The maximum absolute atomic E-state index is 12.3. The molecule has 23 heavy (non-hydrogen) atoms. The molecule has 0 saturated heterocycles. The van der Waals surface area contributed by atoms with E-state index in [1.807, 2.05) is 0 Å². The molecule has 0 aromatic heterocycles. The molecule has 1 aromatic carbocycles. The summed E-state index contributed by atoms with van der Waals surface area (Å²) in [4.78, 5) is 14.3. The van der Waals surface area contributed by atoms with Crippen LogP contribution in [-0.4, -0.2) is 50.7 Å². The Bertz CT molecular complexity index is 494. The van der Waals surface area contributed by atoms with Crippen molar-refractivity contribution in [2.75, 3.05) is 33.3 Å². The Kier molecular flexibility index (Phi) is 8.32. The van der Waals surface area contributed by atoms with Crippen LogP contribution in [-0.2, 0) is 0 Å². The van der Waals surface area contributed by atoms with Crippen molar-refractivity contribution < 1.29 is 23.0 Å². The van der Waals surface area contributed by atoms with Crippen LogP contribution in [0.2, 0.25) is 0 Å². The van der Waals surface area contributed by atoms with Crippen molar-refractivity contribution in [2.45, 2.75) is 26.9 Å². The van der Waals surface area contributed by atoms with Gasteiger partial charge < -0.3 is 19.7 Å². The van der Waals surface area contributed by atoms with Gasteiger partial charge in [-0.1, -0.05) is 13.8 Å². The standard InChI is InChI=1S/C16H24F2N2O3/c1-4-20(5-2)10-6-9-19-15(21)12-7-8-13(23-16(17)18)14(11-12)22-3/h7-8,11,16H,4-6,9-10H2,1-3H3,(H,19,21). The Labute approximate surface area is 135 Å². The van der Waals surface area contributed by atoms with E-state index in [1.54, 1.807) is 0 Å². The van der Waals surface area contributed by atoms with Crippen molar-refractivity contribution in [1.29, 1.82) is 0 Å². The van der Waals surface area contributed by atoms with Gasteiger partial charge in [0.05, 0.1) is 7.11 Å². The lowest BCUT2D eigenvalue weighted by molar-refractivity contribution is -0.0512. The van der Waals surface area contributed by atoms with Gasteiger partial charge in [-0.25, -0.2) is 0 Å². The number of alkyl halides is 2. The normalized spacial score (nSPS) is 10.9. The summed E-state index contributed by atoms with van der Waals surface area (Å²) in [5.74, 6) is -0.270. The van der Waals surface area contributed by atoms with Gasteiger partial charge in [0, 0.05) is 12.1 Å². The predicted octanol–water partition coefficient (Wildman–Crippen LogP) is 2.76. The summed E-state index contributed by atoms with van der Waals surface area (Å²) in [6.07, 6.45) is 0.844. The van der Waals surface area contributed by atoms with E-state index in [-0.39, 0.29) is 17.4 Å². The highest BCUT2D eigenvalue weighted by molar-refractivity contribution is 5.94. The molecule has 0 radical (unpaired) electrons. The molecule has 0 aliphatic rings. The topological polar surface area (TPSA) is 50.8 Å². The van der Waals surface area contributed by atoms with Crippen molar-refractivity contribution >= 4 is 5.91 Å². The summed E-state index contributed by atoms with van der Waals surface area (Å²) in [5, 5.41) is 2.80. The largest absolute Gasteiger partial charge is 0.493 e. The number of hydrogen-bond acceptors (Lipinski definition) is 4. The molecule has 0 atom stereocenters. The number of ether oxygens (including phenoxy) is 2. The van der Waals surface area contributed by atoms with E-state index < -0.39 is 6.61 Å². The van der Waals surface area contributed by atoms with Crippen LogP contribution in [0.15, 0.2) is 18.2 Å². The molecule has 5 nitrogen and oxygen atoms in total. The molecule has 0 saturated carbocycles. The summed E-state index contributed by atoms with van der Waals surface area (Å²) < 4.78 is 33.8. The molecule has 1 amide bonds. The van der Waals surface area contributed by atoms with Gasteiger partial charge in [0.25, 0.3) is 5.91 Å². The zero-order valence-corrected chi connectivity index (χ0v) is 13.8. The second-order valence-electron chi connectivity index (χ2n) is 4.88. The van der Waals surface area contributed by atoms with Crippen molar-refractivity contribution in [3.8, 4) is 11.5 Å². The van der Waals surface area contributed by atoms with Gasteiger partial charge >= 0.3 is 6.61 Å². The lowest BCUT2D eigenvalue weighted by Gasteiger charge is -2.17. The number of nitrogens with one attached hydrogen (secondary N) is 1. The fraction of sp³-hybridized carbons (Fsp3) is 0.562. The van der Waals surface area contributed by atoms with Crippen molar-refractivity contribution in [2.24, 2.45) is 0 Å². The minimum absolute atomic E-state index is 0.0967. The number of carbonyl (C=O) groups is 1. The van der Waals surface area contributed by atoms with E-state index in [9.17, 15) is 13.6 Å². The SMILES string of the molecule is CCN(CC)CCCNC(=O)c1ccc(OC(F)F)c(OC)c1. The zero-order valence-electron chi connectivity index (χ0n) is 13.8. The maximum Gasteiger partial charge on any atom is 0.387 e. The highest BCUT2D eigenvalue weighted by Gasteiger charge is 2.14. The van der Waals surface area contributed by atoms with Crippen LogP contribution in [0.25, 0.3) is 0 Å².